The lowest BCUT2D eigenvalue weighted by molar-refractivity contribution is -0.145. The van der Waals surface area contributed by atoms with Gasteiger partial charge in [-0.3, -0.25) is 4.79 Å². The van der Waals surface area contributed by atoms with E-state index in [1.165, 1.54) is 5.56 Å². The Morgan fingerprint density at radius 2 is 1.67 bits per heavy atom. The molecule has 6 nitrogen and oxygen atoms in total. The first-order chi connectivity index (χ1) is 13.1. The van der Waals surface area contributed by atoms with Crippen LogP contribution >= 0.6 is 0 Å². The smallest absolute Gasteiger partial charge is 0.344 e. The van der Waals surface area contributed by atoms with Gasteiger partial charge in [0.25, 0.3) is 0 Å². The summed E-state index contributed by atoms with van der Waals surface area (Å²) in [6.07, 6.45) is 2.80. The van der Waals surface area contributed by atoms with Gasteiger partial charge in [-0.1, -0.05) is 31.2 Å². The van der Waals surface area contributed by atoms with Crippen LogP contribution in [-0.2, 0) is 27.2 Å². The summed E-state index contributed by atoms with van der Waals surface area (Å²) in [5.74, 6) is -0.0279. The number of rotatable bonds is 9. The Kier molecular flexibility index (Phi) is 8.03. The molecule has 0 saturated heterocycles. The van der Waals surface area contributed by atoms with Crippen LogP contribution in [0.25, 0.3) is 0 Å². The molecule has 0 aliphatic heterocycles. The van der Waals surface area contributed by atoms with Gasteiger partial charge in [0, 0.05) is 0 Å². The molecule has 0 saturated carbocycles. The topological polar surface area (TPSA) is 77.0 Å². The zero-order chi connectivity index (χ0) is 19.5. The van der Waals surface area contributed by atoms with Crippen LogP contribution in [0, 0.1) is 0 Å². The number of carbonyl (C=O) groups excluding carboxylic acids is 2. The van der Waals surface area contributed by atoms with Gasteiger partial charge in [0.05, 0.1) is 19.2 Å². The first-order valence-corrected chi connectivity index (χ1v) is 8.89. The van der Waals surface area contributed by atoms with Crippen molar-refractivity contribution in [1.82, 2.24) is 5.43 Å². The number of hydrogen-bond acceptors (Lipinski definition) is 5. The second-order valence-electron chi connectivity index (χ2n) is 5.80. The maximum Gasteiger partial charge on any atom is 0.344 e. The number of carbonyl (C=O) groups is 2. The number of aryl methyl sites for hydroxylation is 1. The summed E-state index contributed by atoms with van der Waals surface area (Å²) in [6, 6.07) is 15.0. The van der Waals surface area contributed by atoms with E-state index in [9.17, 15) is 9.59 Å². The maximum absolute atomic E-state index is 11.9. The number of esters is 1. The second kappa shape index (κ2) is 10.8. The van der Waals surface area contributed by atoms with Crippen molar-refractivity contribution >= 4 is 18.1 Å². The minimum Gasteiger partial charge on any atom is -0.482 e. The van der Waals surface area contributed by atoms with Gasteiger partial charge in [0.15, 0.2) is 6.61 Å². The van der Waals surface area contributed by atoms with E-state index in [-0.39, 0.29) is 18.9 Å². The van der Waals surface area contributed by atoms with E-state index in [0.717, 1.165) is 17.5 Å². The van der Waals surface area contributed by atoms with Crippen LogP contribution in [0.5, 0.6) is 5.75 Å². The number of hydrogen-bond donors (Lipinski definition) is 1. The number of nitrogens with zero attached hydrogens (tertiary/aromatic N) is 1. The third-order valence-corrected chi connectivity index (χ3v) is 3.74. The molecule has 6 heteroatoms. The molecule has 0 radical (unpaired) electrons. The number of hydrazone groups is 1. The number of nitrogens with one attached hydrogen (secondary N) is 1. The van der Waals surface area contributed by atoms with E-state index in [2.05, 4.69) is 17.5 Å². The monoisotopic (exact) mass is 368 g/mol. The first kappa shape index (κ1) is 20.2. The van der Waals surface area contributed by atoms with E-state index in [4.69, 9.17) is 9.47 Å². The molecule has 0 aliphatic rings. The molecular formula is C21H24N2O4. The molecule has 0 spiro atoms. The molecule has 0 fully saturated rings. The molecule has 0 bridgehead atoms. The van der Waals surface area contributed by atoms with Crippen molar-refractivity contribution in [2.75, 3.05) is 13.2 Å². The van der Waals surface area contributed by atoms with Gasteiger partial charge in [-0.25, -0.2) is 10.2 Å². The van der Waals surface area contributed by atoms with E-state index in [1.807, 2.05) is 24.3 Å². The van der Waals surface area contributed by atoms with E-state index in [1.54, 1.807) is 37.4 Å². The van der Waals surface area contributed by atoms with Crippen molar-refractivity contribution in [3.8, 4) is 5.75 Å². The fourth-order valence-corrected chi connectivity index (χ4v) is 2.29. The van der Waals surface area contributed by atoms with Gasteiger partial charge >= 0.3 is 5.97 Å². The standard InChI is InChI=1S/C21H24N2O4/c1-3-16-5-7-17(8-6-16)13-20(24)23-22-14-18-9-11-19(12-10-18)27-15-21(25)26-4-2/h5-12,14H,3-4,13,15H2,1-2H3,(H,23,24)/b22-14+. The minimum absolute atomic E-state index is 0.128. The summed E-state index contributed by atoms with van der Waals surface area (Å²) in [4.78, 5) is 23.2. The lowest BCUT2D eigenvalue weighted by Crippen LogP contribution is -2.19. The van der Waals surface area contributed by atoms with Crippen LogP contribution < -0.4 is 10.2 Å². The molecule has 0 aliphatic carbocycles. The van der Waals surface area contributed by atoms with Crippen molar-refractivity contribution in [3.63, 3.8) is 0 Å². The molecule has 2 rings (SSSR count). The Morgan fingerprint density at radius 3 is 2.30 bits per heavy atom. The normalized spacial score (nSPS) is 10.6. The fraction of sp³-hybridized carbons (Fsp3) is 0.286. The SMILES string of the molecule is CCOC(=O)COc1ccc(/C=N/NC(=O)Cc2ccc(CC)cc2)cc1. The summed E-state index contributed by atoms with van der Waals surface area (Å²) < 4.78 is 10.1. The average Bonchev–Trinajstić information content (AvgIpc) is 2.68. The Hall–Kier alpha value is -3.15. The molecule has 27 heavy (non-hydrogen) atoms. The average molecular weight is 368 g/mol. The molecule has 1 N–H and O–H groups in total. The Bertz CT molecular complexity index is 768. The largest absolute Gasteiger partial charge is 0.482 e. The van der Waals surface area contributed by atoms with Crippen molar-refractivity contribution in [2.24, 2.45) is 5.10 Å². The highest BCUT2D eigenvalue weighted by atomic mass is 16.6. The number of benzene rings is 2. The summed E-state index contributed by atoms with van der Waals surface area (Å²) >= 11 is 0. The Balaban J connectivity index is 1.77. The van der Waals surface area contributed by atoms with Crippen molar-refractivity contribution in [3.05, 3.63) is 65.2 Å². The molecule has 0 atom stereocenters. The molecule has 2 aromatic carbocycles. The molecule has 0 heterocycles. The third kappa shape index (κ3) is 7.32. The summed E-state index contributed by atoms with van der Waals surface area (Å²) in [5.41, 5.74) is 5.50. The highest BCUT2D eigenvalue weighted by Crippen LogP contribution is 2.11. The lowest BCUT2D eigenvalue weighted by Gasteiger charge is -2.05. The van der Waals surface area contributed by atoms with Crippen molar-refractivity contribution < 1.29 is 19.1 Å². The number of amides is 1. The molecule has 142 valence electrons. The van der Waals surface area contributed by atoms with Gasteiger partial charge in [-0.15, -0.1) is 0 Å². The molecule has 1 amide bonds. The van der Waals surface area contributed by atoms with Crippen LogP contribution in [0.2, 0.25) is 0 Å². The van der Waals surface area contributed by atoms with Crippen molar-refractivity contribution in [2.45, 2.75) is 26.7 Å². The van der Waals surface area contributed by atoms with Gasteiger partial charge in [-0.05, 0) is 54.3 Å². The highest BCUT2D eigenvalue weighted by Gasteiger charge is 2.03. The molecular weight excluding hydrogens is 344 g/mol. The maximum atomic E-state index is 11.9. The van der Waals surface area contributed by atoms with E-state index >= 15 is 0 Å². The zero-order valence-corrected chi connectivity index (χ0v) is 15.6. The lowest BCUT2D eigenvalue weighted by atomic mass is 10.1. The highest BCUT2D eigenvalue weighted by molar-refractivity contribution is 5.83. The van der Waals surface area contributed by atoms with Crippen LogP contribution in [0.15, 0.2) is 53.6 Å². The summed E-state index contributed by atoms with van der Waals surface area (Å²) in [6.45, 7) is 4.03. The van der Waals surface area contributed by atoms with Gasteiger partial charge in [-0.2, -0.15) is 5.10 Å². The Morgan fingerprint density at radius 1 is 1.00 bits per heavy atom. The predicted octanol–water partition coefficient (Wildman–Crippen LogP) is 2.88. The summed E-state index contributed by atoms with van der Waals surface area (Å²) in [7, 11) is 0. The van der Waals surface area contributed by atoms with Gasteiger partial charge < -0.3 is 9.47 Å². The Labute approximate surface area is 159 Å². The second-order valence-corrected chi connectivity index (χ2v) is 5.80. The van der Waals surface area contributed by atoms with Crippen molar-refractivity contribution in [1.29, 1.82) is 0 Å². The van der Waals surface area contributed by atoms with Crippen LogP contribution in [0.4, 0.5) is 0 Å². The van der Waals surface area contributed by atoms with E-state index < -0.39 is 5.97 Å². The first-order valence-electron chi connectivity index (χ1n) is 8.89. The molecule has 2 aromatic rings. The van der Waals surface area contributed by atoms with Crippen LogP contribution in [-0.4, -0.2) is 31.3 Å². The minimum atomic E-state index is -0.407. The summed E-state index contributed by atoms with van der Waals surface area (Å²) in [5, 5.41) is 3.96. The van der Waals surface area contributed by atoms with Gasteiger partial charge in [0.1, 0.15) is 5.75 Å². The van der Waals surface area contributed by atoms with Crippen LogP contribution in [0.3, 0.4) is 0 Å². The predicted molar refractivity (Wildman–Crippen MR) is 104 cm³/mol. The zero-order valence-electron chi connectivity index (χ0n) is 15.6. The van der Waals surface area contributed by atoms with Crippen LogP contribution in [0.1, 0.15) is 30.5 Å². The fourth-order valence-electron chi connectivity index (χ4n) is 2.29. The number of ether oxygens (including phenoxy) is 2. The quantitative estimate of drug-likeness (QED) is 0.419. The third-order valence-electron chi connectivity index (χ3n) is 3.74. The molecule has 0 aromatic heterocycles. The van der Waals surface area contributed by atoms with Gasteiger partial charge in [0.2, 0.25) is 5.91 Å². The molecule has 0 unspecified atom stereocenters. The van der Waals surface area contributed by atoms with E-state index in [0.29, 0.717) is 12.4 Å².